The van der Waals surface area contributed by atoms with Crippen molar-refractivity contribution >= 4 is 32.7 Å². The molecule has 0 aliphatic heterocycles. The molecule has 0 aliphatic rings. The zero-order valence-corrected chi connectivity index (χ0v) is 9.30. The van der Waals surface area contributed by atoms with E-state index in [1.54, 1.807) is 0 Å². The van der Waals surface area contributed by atoms with Gasteiger partial charge in [-0.3, -0.25) is 0 Å². The lowest BCUT2D eigenvalue weighted by molar-refractivity contribution is -0.138. The molecule has 2 aromatic rings. The second kappa shape index (κ2) is 3.58. The molecule has 2 N–H and O–H groups in total. The molecule has 0 unspecified atom stereocenters. The Hall–Kier alpha value is -1.37. The van der Waals surface area contributed by atoms with E-state index in [2.05, 4.69) is 25.9 Å². The average molecular weight is 292 g/mol. The molecule has 0 saturated carbocycles. The number of alkyl halides is 3. The van der Waals surface area contributed by atoms with E-state index < -0.39 is 11.7 Å². The first-order valence-electron chi connectivity index (χ1n) is 4.17. The van der Waals surface area contributed by atoms with Crippen molar-refractivity contribution in [1.29, 1.82) is 0 Å². The first kappa shape index (κ1) is 11.1. The van der Waals surface area contributed by atoms with E-state index in [0.717, 1.165) is 12.4 Å². The summed E-state index contributed by atoms with van der Waals surface area (Å²) in [7, 11) is 0. The predicted molar refractivity (Wildman–Crippen MR) is 56.7 cm³/mol. The van der Waals surface area contributed by atoms with E-state index in [9.17, 15) is 13.2 Å². The summed E-state index contributed by atoms with van der Waals surface area (Å²) in [5, 5.41) is 0.391. The normalized spacial score (nSPS) is 12.0. The van der Waals surface area contributed by atoms with Gasteiger partial charge >= 0.3 is 6.18 Å². The fraction of sp³-hybridized carbons (Fsp3) is 0.111. The van der Waals surface area contributed by atoms with Crippen LogP contribution in [-0.4, -0.2) is 9.97 Å². The number of fused-ring (bicyclic) bond motifs is 1. The summed E-state index contributed by atoms with van der Waals surface area (Å²) in [4.78, 5) is 7.48. The number of aromatic nitrogens is 2. The van der Waals surface area contributed by atoms with Crippen LogP contribution in [0.3, 0.4) is 0 Å². The van der Waals surface area contributed by atoms with Crippen LogP contribution in [0.5, 0.6) is 0 Å². The lowest BCUT2D eigenvalue weighted by atomic mass is 10.1. The third-order valence-corrected chi connectivity index (χ3v) is 2.88. The molecule has 0 amide bonds. The van der Waals surface area contributed by atoms with Crippen molar-refractivity contribution in [2.24, 2.45) is 0 Å². The zero-order valence-electron chi connectivity index (χ0n) is 7.72. The number of nitrogens with zero attached hydrogens (tertiary/aromatic N) is 2. The molecule has 2 rings (SSSR count). The smallest absolute Gasteiger partial charge is 0.383 e. The third-order valence-electron chi connectivity index (χ3n) is 2.08. The zero-order chi connectivity index (χ0) is 11.9. The standard InChI is InChI=1S/C9H5BrF3N3/c10-6-5(9(11,12)13)2-1-4-7(6)15-3-16-8(4)14/h1-3H,(H2,14,15,16). The minimum atomic E-state index is -4.42. The van der Waals surface area contributed by atoms with E-state index in [1.807, 2.05) is 0 Å². The van der Waals surface area contributed by atoms with Crippen LogP contribution in [0.15, 0.2) is 22.9 Å². The summed E-state index contributed by atoms with van der Waals surface area (Å²) < 4.78 is 37.6. The number of nitrogen functional groups attached to an aromatic ring is 1. The van der Waals surface area contributed by atoms with Crippen molar-refractivity contribution in [3.05, 3.63) is 28.5 Å². The Bertz CT molecular complexity index is 553. The highest BCUT2D eigenvalue weighted by Gasteiger charge is 2.33. The van der Waals surface area contributed by atoms with Gasteiger partial charge in [-0.25, -0.2) is 9.97 Å². The summed E-state index contributed by atoms with van der Waals surface area (Å²) in [5.41, 5.74) is 4.91. The number of nitrogens with two attached hydrogens (primary N) is 1. The predicted octanol–water partition coefficient (Wildman–Crippen LogP) is 2.99. The van der Waals surface area contributed by atoms with Gasteiger partial charge in [-0.1, -0.05) is 0 Å². The van der Waals surface area contributed by atoms with Gasteiger partial charge < -0.3 is 5.73 Å². The van der Waals surface area contributed by atoms with Crippen LogP contribution in [0.2, 0.25) is 0 Å². The number of hydrogen-bond donors (Lipinski definition) is 1. The number of rotatable bonds is 0. The van der Waals surface area contributed by atoms with E-state index >= 15 is 0 Å². The van der Waals surface area contributed by atoms with Crippen molar-refractivity contribution in [2.45, 2.75) is 6.18 Å². The number of anilines is 1. The van der Waals surface area contributed by atoms with Crippen LogP contribution in [0.25, 0.3) is 10.9 Å². The first-order chi connectivity index (χ1) is 7.41. The Morgan fingerprint density at radius 1 is 1.19 bits per heavy atom. The molecule has 7 heteroatoms. The Labute approximate surface area is 96.6 Å². The molecule has 1 heterocycles. The number of benzene rings is 1. The number of hydrogen-bond acceptors (Lipinski definition) is 3. The Kier molecular flexibility index (Phi) is 2.49. The molecule has 0 bridgehead atoms. The molecule has 0 atom stereocenters. The molecule has 0 fully saturated rings. The first-order valence-corrected chi connectivity index (χ1v) is 4.96. The van der Waals surface area contributed by atoms with Crippen LogP contribution in [0.1, 0.15) is 5.56 Å². The minimum absolute atomic E-state index is 0.119. The molecule has 3 nitrogen and oxygen atoms in total. The van der Waals surface area contributed by atoms with Gasteiger partial charge in [0.2, 0.25) is 0 Å². The fourth-order valence-corrected chi connectivity index (χ4v) is 2.01. The molecule has 1 aromatic heterocycles. The summed E-state index contributed by atoms with van der Waals surface area (Å²) in [6, 6.07) is 2.21. The van der Waals surface area contributed by atoms with Crippen LogP contribution < -0.4 is 5.73 Å². The van der Waals surface area contributed by atoms with E-state index in [1.165, 1.54) is 6.07 Å². The quantitative estimate of drug-likeness (QED) is 0.812. The van der Waals surface area contributed by atoms with Crippen LogP contribution >= 0.6 is 15.9 Å². The summed E-state index contributed by atoms with van der Waals surface area (Å²) in [6.07, 6.45) is -3.30. The van der Waals surface area contributed by atoms with Crippen LogP contribution in [0, 0.1) is 0 Å². The topological polar surface area (TPSA) is 51.8 Å². The van der Waals surface area contributed by atoms with E-state index in [0.29, 0.717) is 5.39 Å². The SMILES string of the molecule is Nc1ncnc2c(Br)c(C(F)(F)F)ccc12. The molecule has 0 spiro atoms. The Morgan fingerprint density at radius 2 is 1.88 bits per heavy atom. The summed E-state index contributed by atoms with van der Waals surface area (Å²) >= 11 is 2.89. The van der Waals surface area contributed by atoms with Crippen molar-refractivity contribution in [1.82, 2.24) is 9.97 Å². The van der Waals surface area contributed by atoms with Crippen molar-refractivity contribution in [3.63, 3.8) is 0 Å². The van der Waals surface area contributed by atoms with Gasteiger partial charge in [0.15, 0.2) is 0 Å². The number of halogens is 4. The summed E-state index contributed by atoms with van der Waals surface area (Å²) in [5.74, 6) is 0.152. The van der Waals surface area contributed by atoms with Gasteiger partial charge in [0.1, 0.15) is 12.1 Å². The molecular formula is C9H5BrF3N3. The van der Waals surface area contributed by atoms with Crippen LogP contribution in [0.4, 0.5) is 19.0 Å². The van der Waals surface area contributed by atoms with E-state index in [4.69, 9.17) is 5.73 Å². The third kappa shape index (κ3) is 1.71. The van der Waals surface area contributed by atoms with Crippen molar-refractivity contribution in [2.75, 3.05) is 5.73 Å². The minimum Gasteiger partial charge on any atom is -0.383 e. The van der Waals surface area contributed by atoms with Crippen molar-refractivity contribution < 1.29 is 13.2 Å². The fourth-order valence-electron chi connectivity index (χ4n) is 1.33. The monoisotopic (exact) mass is 291 g/mol. The lowest BCUT2D eigenvalue weighted by Gasteiger charge is -2.10. The summed E-state index contributed by atoms with van der Waals surface area (Å²) in [6.45, 7) is 0. The Balaban J connectivity index is 2.81. The van der Waals surface area contributed by atoms with E-state index in [-0.39, 0.29) is 15.8 Å². The molecule has 0 saturated heterocycles. The van der Waals surface area contributed by atoms with Gasteiger partial charge in [0.25, 0.3) is 0 Å². The highest BCUT2D eigenvalue weighted by Crippen LogP contribution is 2.38. The maximum atomic E-state index is 12.6. The highest BCUT2D eigenvalue weighted by atomic mass is 79.9. The second-order valence-electron chi connectivity index (χ2n) is 3.08. The highest BCUT2D eigenvalue weighted by molar-refractivity contribution is 9.10. The van der Waals surface area contributed by atoms with Gasteiger partial charge in [0, 0.05) is 5.39 Å². The molecule has 84 valence electrons. The second-order valence-corrected chi connectivity index (χ2v) is 3.87. The van der Waals surface area contributed by atoms with Crippen molar-refractivity contribution in [3.8, 4) is 0 Å². The van der Waals surface area contributed by atoms with Gasteiger partial charge in [-0.2, -0.15) is 13.2 Å². The van der Waals surface area contributed by atoms with Crippen LogP contribution in [-0.2, 0) is 6.18 Å². The lowest BCUT2D eigenvalue weighted by Crippen LogP contribution is -2.07. The largest absolute Gasteiger partial charge is 0.417 e. The van der Waals surface area contributed by atoms with Gasteiger partial charge in [0.05, 0.1) is 15.6 Å². The molecular weight excluding hydrogens is 287 g/mol. The average Bonchev–Trinajstić information content (AvgIpc) is 2.18. The molecule has 0 aliphatic carbocycles. The Morgan fingerprint density at radius 3 is 2.50 bits per heavy atom. The molecule has 0 radical (unpaired) electrons. The molecule has 1 aromatic carbocycles. The van der Waals surface area contributed by atoms with Gasteiger partial charge in [-0.15, -0.1) is 0 Å². The maximum absolute atomic E-state index is 12.6. The molecule has 16 heavy (non-hydrogen) atoms. The maximum Gasteiger partial charge on any atom is 0.417 e. The van der Waals surface area contributed by atoms with Gasteiger partial charge in [-0.05, 0) is 28.1 Å².